The number of carbonyl (C=O) groups excluding carboxylic acids is 2. The molecule has 0 atom stereocenters. The first kappa shape index (κ1) is 31.1. The average molecular weight is 688 g/mol. The van der Waals surface area contributed by atoms with Crippen molar-refractivity contribution in [1.29, 1.82) is 0 Å². The van der Waals surface area contributed by atoms with Gasteiger partial charge in [-0.2, -0.15) is 0 Å². The molecule has 9 heteroatoms. The minimum atomic E-state index is -1.39. The van der Waals surface area contributed by atoms with Gasteiger partial charge in [0.15, 0.2) is 5.75 Å². The number of hydrogen-bond donors (Lipinski definition) is 2. The largest absolute Gasteiger partial charge is 0.463 e. The molecule has 1 heterocycles. The van der Waals surface area contributed by atoms with Crippen LogP contribution in [0, 0.1) is 21.3 Å². The first-order valence-electron chi connectivity index (χ1n) is 14.1. The lowest BCUT2D eigenvalue weighted by molar-refractivity contribution is -0.120. The van der Waals surface area contributed by atoms with Crippen molar-refractivity contribution in [3.05, 3.63) is 56.9 Å². The topological polar surface area (TPSA) is 98.0 Å². The van der Waals surface area contributed by atoms with Gasteiger partial charge >= 0.3 is 5.97 Å². The van der Waals surface area contributed by atoms with Crippen LogP contribution in [0.2, 0.25) is 25.7 Å². The van der Waals surface area contributed by atoms with E-state index in [1.807, 2.05) is 12.1 Å². The molecule has 3 aromatic rings. The molecule has 2 N–H and O–H groups in total. The Morgan fingerprint density at radius 2 is 1.90 bits per heavy atom. The van der Waals surface area contributed by atoms with Crippen LogP contribution in [0.25, 0.3) is 11.0 Å². The fourth-order valence-corrected chi connectivity index (χ4v) is 6.13. The van der Waals surface area contributed by atoms with E-state index in [-0.39, 0.29) is 37.6 Å². The van der Waals surface area contributed by atoms with Gasteiger partial charge in [0.1, 0.15) is 29.3 Å². The van der Waals surface area contributed by atoms with Gasteiger partial charge in [-0.25, -0.2) is 4.79 Å². The van der Waals surface area contributed by atoms with E-state index in [0.29, 0.717) is 39.5 Å². The van der Waals surface area contributed by atoms with Crippen LogP contribution in [0.1, 0.15) is 54.1 Å². The fraction of sp³-hybridized carbons (Fsp3) is 0.438. The van der Waals surface area contributed by atoms with Crippen molar-refractivity contribution >= 4 is 53.5 Å². The van der Waals surface area contributed by atoms with Crippen molar-refractivity contribution in [2.45, 2.75) is 70.8 Å². The Morgan fingerprint density at radius 3 is 2.61 bits per heavy atom. The SMILES string of the molecule is CC1CCC(OC(=O)c2coc3ccc(Oc4c(I)cc(CC(=O)NCCO)cc4C#CC[Si](C)(C)C)cc23)CC1. The predicted molar refractivity (Wildman–Crippen MR) is 171 cm³/mol. The third-order valence-electron chi connectivity index (χ3n) is 6.97. The molecule has 0 unspecified atom stereocenters. The molecular formula is C32H38INO6Si. The molecule has 1 aliphatic carbocycles. The Balaban J connectivity index is 1.61. The first-order valence-corrected chi connectivity index (χ1v) is 18.9. The number of nitrogens with one attached hydrogen (secondary N) is 1. The van der Waals surface area contributed by atoms with Crippen LogP contribution in [0.4, 0.5) is 0 Å². The quantitative estimate of drug-likeness (QED) is 0.110. The van der Waals surface area contributed by atoms with E-state index in [0.717, 1.165) is 40.9 Å². The van der Waals surface area contributed by atoms with Gasteiger partial charge in [-0.3, -0.25) is 4.79 Å². The average Bonchev–Trinajstić information content (AvgIpc) is 3.33. The van der Waals surface area contributed by atoms with Gasteiger partial charge in [0, 0.05) is 18.0 Å². The van der Waals surface area contributed by atoms with Crippen LogP contribution >= 0.6 is 22.6 Å². The van der Waals surface area contributed by atoms with E-state index >= 15 is 0 Å². The van der Waals surface area contributed by atoms with Gasteiger partial charge in [0.2, 0.25) is 5.91 Å². The van der Waals surface area contributed by atoms with E-state index in [1.165, 1.54) is 6.26 Å². The number of esters is 1. The van der Waals surface area contributed by atoms with E-state index in [9.17, 15) is 9.59 Å². The van der Waals surface area contributed by atoms with Crippen LogP contribution in [0.15, 0.2) is 41.0 Å². The molecular weight excluding hydrogens is 649 g/mol. The van der Waals surface area contributed by atoms with Crippen molar-refractivity contribution in [2.24, 2.45) is 5.92 Å². The molecule has 4 rings (SSSR count). The van der Waals surface area contributed by atoms with Crippen molar-refractivity contribution in [1.82, 2.24) is 5.32 Å². The summed E-state index contributed by atoms with van der Waals surface area (Å²) in [5.74, 6) is 7.87. The number of carbonyl (C=O) groups is 2. The number of amides is 1. The monoisotopic (exact) mass is 687 g/mol. The Bertz CT molecular complexity index is 1460. The maximum atomic E-state index is 13.1. The first-order chi connectivity index (χ1) is 19.5. The van der Waals surface area contributed by atoms with Crippen LogP contribution < -0.4 is 10.1 Å². The number of halogens is 1. The summed E-state index contributed by atoms with van der Waals surface area (Å²) in [6, 6.07) is 10.0. The summed E-state index contributed by atoms with van der Waals surface area (Å²) in [6.07, 6.45) is 5.46. The number of benzene rings is 2. The summed E-state index contributed by atoms with van der Waals surface area (Å²) in [4.78, 5) is 25.4. The normalized spacial score (nSPS) is 17.0. The number of fused-ring (bicyclic) bond motifs is 1. The molecule has 218 valence electrons. The predicted octanol–water partition coefficient (Wildman–Crippen LogP) is 6.91. The summed E-state index contributed by atoms with van der Waals surface area (Å²) < 4.78 is 18.7. The third kappa shape index (κ3) is 8.84. The van der Waals surface area contributed by atoms with Gasteiger partial charge < -0.3 is 24.3 Å². The standard InChI is InChI=1S/C32H38INO6Si/c1-21-7-9-24(10-8-21)40-32(37)27-20-38-29-12-11-25(19-26(27)29)39-31-23(6-5-15-41(2,3)4)16-22(17-28(31)33)18-30(36)34-13-14-35/h11-12,16-17,19-21,24,35H,7-10,13-15,18H2,1-4H3,(H,34,36). The second-order valence-corrected chi connectivity index (χ2v) is 18.6. The molecule has 41 heavy (non-hydrogen) atoms. The fourth-order valence-electron chi connectivity index (χ4n) is 4.71. The van der Waals surface area contributed by atoms with E-state index in [1.54, 1.807) is 18.2 Å². The van der Waals surface area contributed by atoms with Gasteiger partial charge in [-0.05, 0) is 90.1 Å². The van der Waals surface area contributed by atoms with Gasteiger partial charge in [-0.15, -0.1) is 5.92 Å². The van der Waals surface area contributed by atoms with Crippen molar-refractivity contribution in [2.75, 3.05) is 13.2 Å². The molecule has 0 bridgehead atoms. The maximum absolute atomic E-state index is 13.1. The summed E-state index contributed by atoms with van der Waals surface area (Å²) >= 11 is 2.20. The number of rotatable bonds is 9. The highest BCUT2D eigenvalue weighted by molar-refractivity contribution is 14.1. The Morgan fingerprint density at radius 1 is 1.15 bits per heavy atom. The van der Waals surface area contributed by atoms with Gasteiger partial charge in [0.25, 0.3) is 0 Å². The van der Waals surface area contributed by atoms with Gasteiger partial charge in [0.05, 0.1) is 30.2 Å². The summed E-state index contributed by atoms with van der Waals surface area (Å²) in [7, 11) is -1.39. The minimum absolute atomic E-state index is 0.0637. The highest BCUT2D eigenvalue weighted by Gasteiger charge is 2.24. The number of aliphatic hydroxyl groups excluding tert-OH is 1. The third-order valence-corrected chi connectivity index (χ3v) is 9.00. The maximum Gasteiger partial charge on any atom is 0.342 e. The Kier molecular flexibility index (Phi) is 10.6. The summed E-state index contributed by atoms with van der Waals surface area (Å²) in [5, 5.41) is 12.3. The molecule has 1 saturated carbocycles. The lowest BCUT2D eigenvalue weighted by Crippen LogP contribution is -2.27. The van der Waals surface area contributed by atoms with Crippen molar-refractivity contribution in [3.63, 3.8) is 0 Å². The van der Waals surface area contributed by atoms with Crippen molar-refractivity contribution < 1.29 is 28.6 Å². The zero-order valence-corrected chi connectivity index (χ0v) is 27.3. The zero-order valence-electron chi connectivity index (χ0n) is 24.1. The van der Waals surface area contributed by atoms with Crippen LogP contribution in [-0.2, 0) is 16.0 Å². The molecule has 0 radical (unpaired) electrons. The second-order valence-electron chi connectivity index (χ2n) is 11.9. The van der Waals surface area contributed by atoms with Crippen LogP contribution in [0.5, 0.6) is 11.5 Å². The molecule has 0 spiro atoms. The molecule has 1 aromatic heterocycles. The van der Waals surface area contributed by atoms with E-state index in [4.69, 9.17) is 19.0 Å². The number of ether oxygens (including phenoxy) is 2. The molecule has 0 saturated heterocycles. The Labute approximate surface area is 256 Å². The van der Waals surface area contributed by atoms with E-state index in [2.05, 4.69) is 66.3 Å². The van der Waals surface area contributed by atoms with Gasteiger partial charge in [-0.1, -0.05) is 32.5 Å². The summed E-state index contributed by atoms with van der Waals surface area (Å²) in [5.41, 5.74) is 2.47. The van der Waals surface area contributed by atoms with Crippen LogP contribution in [-0.4, -0.2) is 44.3 Å². The molecule has 7 nitrogen and oxygen atoms in total. The molecule has 1 amide bonds. The second kappa shape index (κ2) is 13.9. The van der Waals surface area contributed by atoms with E-state index < -0.39 is 8.07 Å². The number of furan rings is 1. The molecule has 2 aromatic carbocycles. The highest BCUT2D eigenvalue weighted by Crippen LogP contribution is 2.35. The number of hydrogen-bond acceptors (Lipinski definition) is 6. The smallest absolute Gasteiger partial charge is 0.342 e. The lowest BCUT2D eigenvalue weighted by atomic mass is 9.89. The molecule has 1 fully saturated rings. The number of aliphatic hydroxyl groups is 1. The highest BCUT2D eigenvalue weighted by atomic mass is 127. The zero-order chi connectivity index (χ0) is 29.6. The molecule has 1 aliphatic rings. The summed E-state index contributed by atoms with van der Waals surface area (Å²) in [6.45, 7) is 9.14. The molecule has 0 aliphatic heterocycles. The Hall–Kier alpha value is -2.81. The van der Waals surface area contributed by atoms with Crippen molar-refractivity contribution in [3.8, 4) is 23.3 Å². The van der Waals surface area contributed by atoms with Crippen LogP contribution in [0.3, 0.4) is 0 Å². The minimum Gasteiger partial charge on any atom is -0.463 e. The lowest BCUT2D eigenvalue weighted by Gasteiger charge is -2.25.